The van der Waals surface area contributed by atoms with Crippen molar-refractivity contribution in [2.45, 2.75) is 0 Å². The second-order valence-corrected chi connectivity index (χ2v) is 7.68. The predicted molar refractivity (Wildman–Crippen MR) is 128 cm³/mol. The minimum Gasteiger partial charge on any atom is -0.457 e. The topological polar surface area (TPSA) is 111 Å². The zero-order chi connectivity index (χ0) is 22.5. The Balaban J connectivity index is 1.49. The first-order valence-corrected chi connectivity index (χ1v) is 10.7. The van der Waals surface area contributed by atoms with Gasteiger partial charge in [-0.25, -0.2) is 8.51 Å². The molecule has 4 rings (SSSR count). The number of nitrogens with zero attached hydrogens (tertiary/aromatic N) is 1. The third-order valence-corrected chi connectivity index (χ3v) is 5.26. The highest BCUT2D eigenvalue weighted by Gasteiger charge is 2.15. The summed E-state index contributed by atoms with van der Waals surface area (Å²) in [5.74, 6) is 2.47. The van der Waals surface area contributed by atoms with Crippen LogP contribution in [0.1, 0.15) is 0 Å². The summed E-state index contributed by atoms with van der Waals surface area (Å²) >= 11 is -2.28. The van der Waals surface area contributed by atoms with Gasteiger partial charge in [0.25, 0.3) is 11.3 Å². The average molecular weight is 448 g/mol. The molecule has 0 spiro atoms. The molecule has 4 aromatic rings. The monoisotopic (exact) mass is 447 g/mol. The van der Waals surface area contributed by atoms with Crippen molar-refractivity contribution in [2.24, 2.45) is 0 Å². The summed E-state index contributed by atoms with van der Waals surface area (Å²) in [6.45, 7) is 0. The van der Waals surface area contributed by atoms with Crippen molar-refractivity contribution in [1.82, 2.24) is 0 Å². The van der Waals surface area contributed by atoms with Gasteiger partial charge in [0.2, 0.25) is 0 Å². The number of hydrogen-bond acceptors (Lipinski definition) is 5. The fourth-order valence-electron chi connectivity index (χ4n) is 2.97. The molecule has 0 radical (unpaired) electrons. The maximum Gasteiger partial charge on any atom is 0.266 e. The molecule has 0 bridgehead atoms. The Hall–Kier alpha value is -4.01. The summed E-state index contributed by atoms with van der Waals surface area (Å²) in [7, 11) is 0. The van der Waals surface area contributed by atoms with Gasteiger partial charge in [-0.2, -0.15) is 0 Å². The number of nitrogens with two attached hydrogens (primary N) is 2. The molecule has 4 aromatic carbocycles. The summed E-state index contributed by atoms with van der Waals surface area (Å²) in [5, 5.41) is 0. The second kappa shape index (κ2) is 9.42. The van der Waals surface area contributed by atoms with E-state index in [0.29, 0.717) is 45.7 Å². The maximum atomic E-state index is 12.1. The molecule has 0 saturated carbocycles. The van der Waals surface area contributed by atoms with E-state index in [1.165, 1.54) is 4.31 Å². The van der Waals surface area contributed by atoms with Gasteiger partial charge < -0.3 is 20.9 Å². The van der Waals surface area contributed by atoms with Crippen molar-refractivity contribution < 1.29 is 18.2 Å². The van der Waals surface area contributed by atoms with Crippen LogP contribution in [0.15, 0.2) is 97.1 Å². The average Bonchev–Trinajstić information content (AvgIpc) is 2.79. The van der Waals surface area contributed by atoms with E-state index in [9.17, 15) is 8.76 Å². The number of hydrogen-bond donors (Lipinski definition) is 3. The molecule has 162 valence electrons. The Morgan fingerprint density at radius 3 is 1.12 bits per heavy atom. The van der Waals surface area contributed by atoms with Crippen molar-refractivity contribution >= 4 is 34.0 Å². The van der Waals surface area contributed by atoms with Gasteiger partial charge in [-0.15, -0.1) is 0 Å². The SMILES string of the molecule is Nc1ccc(Oc2ccc(N(c3ccc(Oc4ccc(N)cc4)cc3)S(=O)O)cc2)cc1. The van der Waals surface area contributed by atoms with Crippen LogP contribution in [0.3, 0.4) is 0 Å². The molecular weight excluding hydrogens is 426 g/mol. The molecule has 7 nitrogen and oxygen atoms in total. The van der Waals surface area contributed by atoms with Crippen molar-refractivity contribution in [3.63, 3.8) is 0 Å². The first kappa shape index (κ1) is 21.2. The van der Waals surface area contributed by atoms with Crippen LogP contribution in [0.5, 0.6) is 23.0 Å². The Bertz CT molecular complexity index is 1110. The third-order valence-electron chi connectivity index (χ3n) is 4.53. The van der Waals surface area contributed by atoms with E-state index in [2.05, 4.69) is 0 Å². The molecule has 0 aliphatic rings. The molecule has 1 atom stereocenters. The normalized spacial score (nSPS) is 11.5. The van der Waals surface area contributed by atoms with E-state index in [1.54, 1.807) is 97.1 Å². The van der Waals surface area contributed by atoms with Crippen molar-refractivity contribution in [3.8, 4) is 23.0 Å². The maximum absolute atomic E-state index is 12.1. The summed E-state index contributed by atoms with van der Waals surface area (Å²) in [5.41, 5.74) is 13.7. The Labute approximate surface area is 188 Å². The van der Waals surface area contributed by atoms with E-state index >= 15 is 0 Å². The van der Waals surface area contributed by atoms with E-state index < -0.39 is 11.3 Å². The fourth-order valence-corrected chi connectivity index (χ4v) is 3.58. The molecular formula is C24H21N3O4S. The second-order valence-electron chi connectivity index (χ2n) is 6.86. The van der Waals surface area contributed by atoms with Crippen molar-refractivity contribution in [1.29, 1.82) is 0 Å². The van der Waals surface area contributed by atoms with Gasteiger partial charge in [-0.05, 0) is 97.1 Å². The van der Waals surface area contributed by atoms with E-state index in [1.807, 2.05) is 0 Å². The lowest BCUT2D eigenvalue weighted by atomic mass is 10.2. The van der Waals surface area contributed by atoms with Gasteiger partial charge in [0.15, 0.2) is 0 Å². The smallest absolute Gasteiger partial charge is 0.266 e. The lowest BCUT2D eigenvalue weighted by molar-refractivity contribution is 0.482. The Morgan fingerprint density at radius 1 is 0.562 bits per heavy atom. The number of nitrogen functional groups attached to an aromatic ring is 2. The van der Waals surface area contributed by atoms with Gasteiger partial charge in [0.05, 0.1) is 11.4 Å². The van der Waals surface area contributed by atoms with Crippen LogP contribution < -0.4 is 25.2 Å². The molecule has 0 aliphatic carbocycles. The van der Waals surface area contributed by atoms with E-state index in [0.717, 1.165) is 0 Å². The highest BCUT2D eigenvalue weighted by molar-refractivity contribution is 7.81. The molecule has 0 heterocycles. The molecule has 0 amide bonds. The van der Waals surface area contributed by atoms with Crippen LogP contribution >= 0.6 is 0 Å². The van der Waals surface area contributed by atoms with Gasteiger partial charge in [-0.1, -0.05) is 0 Å². The fraction of sp³-hybridized carbons (Fsp3) is 0. The van der Waals surface area contributed by atoms with Crippen LogP contribution in [-0.2, 0) is 11.3 Å². The summed E-state index contributed by atoms with van der Waals surface area (Å²) in [4.78, 5) is 0. The summed E-state index contributed by atoms with van der Waals surface area (Å²) in [6.07, 6.45) is 0. The lowest BCUT2D eigenvalue weighted by Crippen LogP contribution is -2.19. The predicted octanol–water partition coefficient (Wildman–Crippen LogP) is 5.71. The minimum atomic E-state index is -2.28. The third kappa shape index (κ3) is 5.18. The van der Waals surface area contributed by atoms with Crippen LogP contribution in [-0.4, -0.2) is 8.76 Å². The molecule has 0 aliphatic heterocycles. The van der Waals surface area contributed by atoms with Gasteiger partial charge in [0, 0.05) is 11.4 Å². The molecule has 5 N–H and O–H groups in total. The van der Waals surface area contributed by atoms with Crippen molar-refractivity contribution in [3.05, 3.63) is 97.1 Å². The number of ether oxygens (including phenoxy) is 2. The van der Waals surface area contributed by atoms with E-state index in [4.69, 9.17) is 20.9 Å². The standard InChI is InChI=1S/C24H21N3O4S/c25-17-1-9-21(10-2-17)30-23-13-5-19(6-14-23)27(32(28)29)20-7-15-24(16-8-20)31-22-11-3-18(26)4-12-22/h1-16H,25-26H2,(H,28,29). The van der Waals surface area contributed by atoms with Gasteiger partial charge >= 0.3 is 0 Å². The molecule has 0 aromatic heterocycles. The van der Waals surface area contributed by atoms with Crippen LogP contribution in [0.2, 0.25) is 0 Å². The molecule has 1 unspecified atom stereocenters. The Kier molecular flexibility index (Phi) is 6.25. The highest BCUT2D eigenvalue weighted by atomic mass is 32.2. The lowest BCUT2D eigenvalue weighted by Gasteiger charge is -2.20. The summed E-state index contributed by atoms with van der Waals surface area (Å²) < 4.78 is 34.8. The zero-order valence-corrected chi connectivity index (χ0v) is 17.7. The van der Waals surface area contributed by atoms with Crippen LogP contribution in [0, 0.1) is 0 Å². The van der Waals surface area contributed by atoms with Gasteiger partial charge in [-0.3, -0.25) is 4.55 Å². The quantitative estimate of drug-likeness (QED) is 0.247. The largest absolute Gasteiger partial charge is 0.457 e. The first-order chi connectivity index (χ1) is 15.5. The number of anilines is 4. The Morgan fingerprint density at radius 2 is 0.844 bits per heavy atom. The number of rotatable bonds is 7. The molecule has 8 heteroatoms. The highest BCUT2D eigenvalue weighted by Crippen LogP contribution is 2.32. The van der Waals surface area contributed by atoms with E-state index in [-0.39, 0.29) is 0 Å². The first-order valence-electron chi connectivity index (χ1n) is 9.66. The van der Waals surface area contributed by atoms with Gasteiger partial charge in [0.1, 0.15) is 23.0 Å². The van der Waals surface area contributed by atoms with Crippen LogP contribution in [0.4, 0.5) is 22.7 Å². The van der Waals surface area contributed by atoms with Crippen LogP contribution in [0.25, 0.3) is 0 Å². The molecule has 0 fully saturated rings. The summed E-state index contributed by atoms with van der Waals surface area (Å²) in [6, 6.07) is 27.8. The zero-order valence-electron chi connectivity index (χ0n) is 16.9. The molecule has 0 saturated heterocycles. The van der Waals surface area contributed by atoms with Crippen molar-refractivity contribution in [2.75, 3.05) is 15.8 Å². The minimum absolute atomic E-state index is 0.530. The number of benzene rings is 4. The molecule has 32 heavy (non-hydrogen) atoms.